The van der Waals surface area contributed by atoms with Gasteiger partial charge in [0.2, 0.25) is 0 Å². The van der Waals surface area contributed by atoms with Crippen LogP contribution in [-0.2, 0) is 9.53 Å². The van der Waals surface area contributed by atoms with Gasteiger partial charge in [0.15, 0.2) is 0 Å². The number of anilines is 1. The third-order valence-corrected chi connectivity index (χ3v) is 4.75. The minimum absolute atomic E-state index is 0.132. The van der Waals surface area contributed by atoms with E-state index < -0.39 is 5.54 Å². The molecule has 1 fully saturated rings. The van der Waals surface area contributed by atoms with E-state index in [0.29, 0.717) is 11.9 Å². The van der Waals surface area contributed by atoms with E-state index in [4.69, 9.17) is 4.74 Å². The van der Waals surface area contributed by atoms with E-state index in [1.807, 2.05) is 43.0 Å². The van der Waals surface area contributed by atoms with Gasteiger partial charge < -0.3 is 10.1 Å². The molecule has 0 bridgehead atoms. The van der Waals surface area contributed by atoms with Crippen LogP contribution >= 0.6 is 11.8 Å². The van der Waals surface area contributed by atoms with Crippen molar-refractivity contribution in [3.63, 3.8) is 0 Å². The van der Waals surface area contributed by atoms with Gasteiger partial charge in [0.25, 0.3) is 0 Å². The smallest absolute Gasteiger partial charge is 0.332 e. The van der Waals surface area contributed by atoms with Gasteiger partial charge in [0.05, 0.1) is 6.61 Å². The lowest BCUT2D eigenvalue weighted by Crippen LogP contribution is -2.48. The Morgan fingerprint density at radius 1 is 1.47 bits per heavy atom. The van der Waals surface area contributed by atoms with Gasteiger partial charge in [-0.15, -0.1) is 0 Å². The molecule has 4 heteroatoms. The van der Waals surface area contributed by atoms with Crippen LogP contribution in [0.15, 0.2) is 24.3 Å². The molecule has 2 rings (SSSR count). The topological polar surface area (TPSA) is 38.3 Å². The second-order valence-electron chi connectivity index (χ2n) is 5.12. The van der Waals surface area contributed by atoms with Crippen molar-refractivity contribution < 1.29 is 9.53 Å². The number of hydrogen-bond acceptors (Lipinski definition) is 4. The van der Waals surface area contributed by atoms with Gasteiger partial charge in [-0.05, 0) is 32.4 Å². The maximum absolute atomic E-state index is 12.3. The zero-order valence-corrected chi connectivity index (χ0v) is 12.5. The van der Waals surface area contributed by atoms with Crippen molar-refractivity contribution in [2.24, 2.45) is 0 Å². The minimum atomic E-state index is -0.574. The van der Waals surface area contributed by atoms with Crippen LogP contribution in [0.1, 0.15) is 25.8 Å². The molecule has 1 heterocycles. The van der Waals surface area contributed by atoms with Crippen molar-refractivity contribution in [3.05, 3.63) is 29.8 Å². The molecule has 1 aliphatic heterocycles. The molecular formula is C15H21NO2S. The summed E-state index contributed by atoms with van der Waals surface area (Å²) < 4.78 is 5.26. The van der Waals surface area contributed by atoms with Gasteiger partial charge in [-0.25, -0.2) is 4.79 Å². The van der Waals surface area contributed by atoms with Crippen LogP contribution in [0.3, 0.4) is 0 Å². The average Bonchev–Trinajstić information content (AvgIpc) is 2.75. The first-order valence-corrected chi connectivity index (χ1v) is 7.74. The van der Waals surface area contributed by atoms with Crippen molar-refractivity contribution in [2.75, 3.05) is 17.7 Å². The number of rotatable bonds is 4. The molecule has 19 heavy (non-hydrogen) atoms. The zero-order valence-electron chi connectivity index (χ0n) is 11.7. The van der Waals surface area contributed by atoms with Gasteiger partial charge in [-0.2, -0.15) is 11.8 Å². The summed E-state index contributed by atoms with van der Waals surface area (Å²) in [6.45, 7) is 6.49. The number of aryl methyl sites for hydroxylation is 1. The normalized spacial score (nSPS) is 26.2. The van der Waals surface area contributed by atoms with E-state index in [1.54, 1.807) is 0 Å². The number of hydrogen-bond donors (Lipinski definition) is 1. The van der Waals surface area contributed by atoms with E-state index in [0.717, 1.165) is 17.9 Å². The first-order valence-electron chi connectivity index (χ1n) is 6.69. The summed E-state index contributed by atoms with van der Waals surface area (Å²) in [6, 6.07) is 8.13. The van der Waals surface area contributed by atoms with Crippen molar-refractivity contribution in [1.29, 1.82) is 0 Å². The van der Waals surface area contributed by atoms with Crippen LogP contribution in [0.4, 0.5) is 5.69 Å². The van der Waals surface area contributed by atoms with Crippen molar-refractivity contribution in [2.45, 2.75) is 38.0 Å². The van der Waals surface area contributed by atoms with E-state index in [-0.39, 0.29) is 5.97 Å². The fraction of sp³-hybridized carbons (Fsp3) is 0.533. The summed E-state index contributed by atoms with van der Waals surface area (Å²) in [5.74, 6) is 0.633. The maximum atomic E-state index is 12.3. The summed E-state index contributed by atoms with van der Waals surface area (Å²) in [4.78, 5) is 12.3. The first kappa shape index (κ1) is 14.3. The Morgan fingerprint density at radius 3 is 2.68 bits per heavy atom. The van der Waals surface area contributed by atoms with Gasteiger partial charge in [0.1, 0.15) is 5.54 Å². The number of benzene rings is 1. The number of ether oxygens (including phenoxy) is 1. The fourth-order valence-corrected chi connectivity index (χ4v) is 3.64. The Kier molecular flexibility index (Phi) is 4.40. The van der Waals surface area contributed by atoms with Crippen LogP contribution in [-0.4, -0.2) is 29.1 Å². The highest BCUT2D eigenvalue weighted by atomic mass is 32.2. The second-order valence-corrected chi connectivity index (χ2v) is 6.55. The van der Waals surface area contributed by atoms with Gasteiger partial charge >= 0.3 is 5.97 Å². The summed E-state index contributed by atoms with van der Waals surface area (Å²) >= 11 is 1.82. The molecule has 1 N–H and O–H groups in total. The van der Waals surface area contributed by atoms with Gasteiger partial charge in [-0.3, -0.25) is 0 Å². The van der Waals surface area contributed by atoms with E-state index in [2.05, 4.69) is 19.2 Å². The minimum Gasteiger partial charge on any atom is -0.464 e. The molecule has 0 aliphatic carbocycles. The van der Waals surface area contributed by atoms with Gasteiger partial charge in [0, 0.05) is 16.7 Å². The number of thioether (sulfide) groups is 1. The molecule has 0 amide bonds. The molecule has 2 unspecified atom stereocenters. The number of nitrogens with one attached hydrogen (secondary N) is 1. The Morgan fingerprint density at radius 2 is 2.16 bits per heavy atom. The highest BCUT2D eigenvalue weighted by molar-refractivity contribution is 8.00. The summed E-state index contributed by atoms with van der Waals surface area (Å²) in [7, 11) is 0. The lowest BCUT2D eigenvalue weighted by Gasteiger charge is -2.28. The largest absolute Gasteiger partial charge is 0.464 e. The number of esters is 1. The Hall–Kier alpha value is -1.16. The van der Waals surface area contributed by atoms with E-state index in [1.165, 1.54) is 5.56 Å². The molecule has 0 spiro atoms. The molecule has 1 aromatic carbocycles. The molecule has 2 atom stereocenters. The Balaban J connectivity index is 2.19. The fourth-order valence-electron chi connectivity index (χ4n) is 2.36. The number of carbonyl (C=O) groups is 1. The summed E-state index contributed by atoms with van der Waals surface area (Å²) in [6.07, 6.45) is 0.810. The molecule has 0 saturated carbocycles. The second kappa shape index (κ2) is 5.87. The van der Waals surface area contributed by atoms with E-state index in [9.17, 15) is 4.79 Å². The number of carbonyl (C=O) groups excluding carboxylic acids is 1. The van der Waals surface area contributed by atoms with Crippen LogP contribution < -0.4 is 5.32 Å². The van der Waals surface area contributed by atoms with Gasteiger partial charge in [-0.1, -0.05) is 24.6 Å². The van der Waals surface area contributed by atoms with Crippen molar-refractivity contribution in [1.82, 2.24) is 0 Å². The molecule has 3 nitrogen and oxygen atoms in total. The Labute approximate surface area is 119 Å². The van der Waals surface area contributed by atoms with Crippen LogP contribution in [0, 0.1) is 6.92 Å². The lowest BCUT2D eigenvalue weighted by atomic mass is 9.95. The highest BCUT2D eigenvalue weighted by Crippen LogP contribution is 2.37. The molecule has 104 valence electrons. The monoisotopic (exact) mass is 279 g/mol. The first-order chi connectivity index (χ1) is 9.05. The highest BCUT2D eigenvalue weighted by Gasteiger charge is 2.46. The SMILES string of the molecule is CCOC(=O)C1(Nc2ccc(C)cc2)CSC(C)C1. The molecule has 0 radical (unpaired) electrons. The van der Waals surface area contributed by atoms with Crippen molar-refractivity contribution >= 4 is 23.4 Å². The average molecular weight is 279 g/mol. The van der Waals surface area contributed by atoms with Crippen LogP contribution in [0.2, 0.25) is 0 Å². The molecule has 0 aromatic heterocycles. The summed E-state index contributed by atoms with van der Waals surface area (Å²) in [5, 5.41) is 3.88. The molecule has 1 aromatic rings. The Bertz CT molecular complexity index is 446. The standard InChI is InChI=1S/C15H21NO2S/c1-4-18-14(17)15(9-12(3)19-10-15)16-13-7-5-11(2)6-8-13/h5-8,12,16H,4,9-10H2,1-3H3. The van der Waals surface area contributed by atoms with Crippen molar-refractivity contribution in [3.8, 4) is 0 Å². The summed E-state index contributed by atoms with van der Waals surface area (Å²) in [5.41, 5.74) is 1.62. The van der Waals surface area contributed by atoms with Crippen LogP contribution in [0.25, 0.3) is 0 Å². The van der Waals surface area contributed by atoms with Crippen LogP contribution in [0.5, 0.6) is 0 Å². The predicted molar refractivity (Wildman–Crippen MR) is 80.7 cm³/mol. The molecular weight excluding hydrogens is 258 g/mol. The third-order valence-electron chi connectivity index (χ3n) is 3.35. The predicted octanol–water partition coefficient (Wildman–Crippen LogP) is 3.23. The zero-order chi connectivity index (χ0) is 13.9. The molecule has 1 saturated heterocycles. The third kappa shape index (κ3) is 3.24. The quantitative estimate of drug-likeness (QED) is 0.859. The maximum Gasteiger partial charge on any atom is 0.332 e. The lowest BCUT2D eigenvalue weighted by molar-refractivity contribution is -0.147. The molecule has 1 aliphatic rings. The van der Waals surface area contributed by atoms with E-state index >= 15 is 0 Å².